The second-order valence-corrected chi connectivity index (χ2v) is 7.34. The summed E-state index contributed by atoms with van der Waals surface area (Å²) in [5.41, 5.74) is 4.61. The van der Waals surface area contributed by atoms with E-state index >= 15 is 0 Å². The first kappa shape index (κ1) is 23.8. The van der Waals surface area contributed by atoms with Gasteiger partial charge < -0.3 is 0 Å². The fourth-order valence-corrected chi connectivity index (χ4v) is 3.53. The molecular weight excluding hydrogens is 385 g/mol. The Labute approximate surface area is 178 Å². The lowest BCUT2D eigenvalue weighted by molar-refractivity contribution is -0.0597. The number of benzene rings is 2. The van der Waals surface area contributed by atoms with Crippen molar-refractivity contribution in [2.24, 2.45) is 9.98 Å². The van der Waals surface area contributed by atoms with Gasteiger partial charge >= 0.3 is 6.18 Å². The van der Waals surface area contributed by atoms with Gasteiger partial charge in [0.15, 0.2) is 0 Å². The third-order valence-electron chi connectivity index (χ3n) is 5.23. The molecule has 2 aromatic carbocycles. The summed E-state index contributed by atoms with van der Waals surface area (Å²) >= 11 is 0. The van der Waals surface area contributed by atoms with Crippen molar-refractivity contribution < 1.29 is 13.2 Å². The van der Waals surface area contributed by atoms with Gasteiger partial charge in [0.2, 0.25) is 0 Å². The first-order valence-electron chi connectivity index (χ1n) is 10.6. The fraction of sp³-hybridized carbons (Fsp3) is 0.440. The van der Waals surface area contributed by atoms with Gasteiger partial charge in [-0.05, 0) is 54.9 Å². The Bertz CT molecular complexity index is 880. The molecule has 2 nitrogen and oxygen atoms in total. The van der Waals surface area contributed by atoms with E-state index in [0.717, 1.165) is 40.8 Å². The van der Waals surface area contributed by atoms with Crippen molar-refractivity contribution in [3.05, 3.63) is 58.7 Å². The Morgan fingerprint density at radius 3 is 1.40 bits per heavy atom. The molecule has 30 heavy (non-hydrogen) atoms. The monoisotopic (exact) mass is 416 g/mol. The molecule has 2 rings (SSSR count). The minimum Gasteiger partial charge on any atom is -0.257 e. The Kier molecular flexibility index (Phi) is 8.39. The SMILES string of the molecule is CCc1cccc(CC)c1N=C(C)CC(=Nc1c(CC)cccc1CC)C(F)(F)F. The minimum absolute atomic E-state index is 0.327. The van der Waals surface area contributed by atoms with Crippen molar-refractivity contribution in [1.29, 1.82) is 0 Å². The summed E-state index contributed by atoms with van der Waals surface area (Å²) in [6, 6.07) is 11.5. The average Bonchev–Trinajstić information content (AvgIpc) is 2.72. The van der Waals surface area contributed by atoms with E-state index in [1.807, 2.05) is 64.1 Å². The molecule has 0 saturated heterocycles. The molecule has 0 atom stereocenters. The molecule has 0 N–H and O–H groups in total. The molecule has 0 fully saturated rings. The van der Waals surface area contributed by atoms with Crippen molar-refractivity contribution in [2.75, 3.05) is 0 Å². The molecule has 5 heteroatoms. The van der Waals surface area contributed by atoms with Crippen LogP contribution in [0.4, 0.5) is 24.5 Å². The summed E-state index contributed by atoms with van der Waals surface area (Å²) in [5.74, 6) is 0. The van der Waals surface area contributed by atoms with E-state index in [1.165, 1.54) is 0 Å². The fourth-order valence-electron chi connectivity index (χ4n) is 3.53. The van der Waals surface area contributed by atoms with Crippen LogP contribution >= 0.6 is 0 Å². The van der Waals surface area contributed by atoms with E-state index in [-0.39, 0.29) is 6.42 Å². The van der Waals surface area contributed by atoms with Gasteiger partial charge in [-0.2, -0.15) is 13.2 Å². The third kappa shape index (κ3) is 5.80. The lowest BCUT2D eigenvalue weighted by Crippen LogP contribution is -2.25. The Morgan fingerprint density at radius 1 is 0.700 bits per heavy atom. The number of halogens is 3. The normalized spacial score (nSPS) is 13.1. The second kappa shape index (κ2) is 10.6. The lowest BCUT2D eigenvalue weighted by atomic mass is 10.0. The zero-order chi connectivity index (χ0) is 22.3. The molecule has 0 unspecified atom stereocenters. The highest BCUT2D eigenvalue weighted by Gasteiger charge is 2.36. The predicted molar refractivity (Wildman–Crippen MR) is 121 cm³/mol. The maximum atomic E-state index is 13.9. The van der Waals surface area contributed by atoms with E-state index < -0.39 is 11.9 Å². The maximum Gasteiger partial charge on any atom is 0.429 e. The molecule has 0 aliphatic heterocycles. The zero-order valence-corrected chi connectivity index (χ0v) is 18.5. The number of rotatable bonds is 8. The van der Waals surface area contributed by atoms with E-state index in [9.17, 15) is 13.2 Å². The van der Waals surface area contributed by atoms with Crippen LogP contribution < -0.4 is 0 Å². The number of hydrogen-bond donors (Lipinski definition) is 0. The molecule has 0 aliphatic carbocycles. The Hall–Kier alpha value is -2.43. The van der Waals surface area contributed by atoms with Crippen LogP contribution in [-0.4, -0.2) is 17.6 Å². The van der Waals surface area contributed by atoms with Gasteiger partial charge in [-0.1, -0.05) is 64.1 Å². The summed E-state index contributed by atoms with van der Waals surface area (Å²) in [4.78, 5) is 8.77. The van der Waals surface area contributed by atoms with E-state index in [2.05, 4.69) is 9.98 Å². The number of hydrogen-bond acceptors (Lipinski definition) is 2. The largest absolute Gasteiger partial charge is 0.429 e. The highest BCUT2D eigenvalue weighted by molar-refractivity contribution is 6.07. The highest BCUT2D eigenvalue weighted by Crippen LogP contribution is 2.31. The molecule has 0 heterocycles. The van der Waals surface area contributed by atoms with Crippen molar-refractivity contribution >= 4 is 22.8 Å². The summed E-state index contributed by atoms with van der Waals surface area (Å²) in [7, 11) is 0. The number of alkyl halides is 3. The summed E-state index contributed by atoms with van der Waals surface area (Å²) in [6.45, 7) is 9.57. The highest BCUT2D eigenvalue weighted by atomic mass is 19.4. The lowest BCUT2D eigenvalue weighted by Gasteiger charge is -2.15. The van der Waals surface area contributed by atoms with Crippen LogP contribution in [0.15, 0.2) is 46.4 Å². The zero-order valence-electron chi connectivity index (χ0n) is 18.5. The summed E-state index contributed by atoms with van der Waals surface area (Å²) < 4.78 is 41.6. The van der Waals surface area contributed by atoms with Gasteiger partial charge in [-0.3, -0.25) is 4.99 Å². The van der Waals surface area contributed by atoms with Crippen LogP contribution in [0.5, 0.6) is 0 Å². The number of aliphatic imine (C=N–C) groups is 2. The van der Waals surface area contributed by atoms with Crippen LogP contribution in [0.2, 0.25) is 0 Å². The van der Waals surface area contributed by atoms with Crippen molar-refractivity contribution in [2.45, 2.75) is 72.9 Å². The molecule has 0 aliphatic rings. The quantitative estimate of drug-likeness (QED) is 0.393. The van der Waals surface area contributed by atoms with Gasteiger partial charge in [0, 0.05) is 12.1 Å². The first-order chi connectivity index (χ1) is 14.2. The minimum atomic E-state index is -4.51. The van der Waals surface area contributed by atoms with E-state index in [4.69, 9.17) is 0 Å². The molecular formula is C25H31F3N2. The van der Waals surface area contributed by atoms with Crippen molar-refractivity contribution in [1.82, 2.24) is 0 Å². The number of nitrogens with zero attached hydrogens (tertiary/aromatic N) is 2. The van der Waals surface area contributed by atoms with Crippen molar-refractivity contribution in [3.63, 3.8) is 0 Å². The van der Waals surface area contributed by atoms with Gasteiger partial charge in [-0.25, -0.2) is 4.99 Å². The molecule has 0 spiro atoms. The topological polar surface area (TPSA) is 24.7 Å². The third-order valence-corrected chi connectivity index (χ3v) is 5.23. The first-order valence-corrected chi connectivity index (χ1v) is 10.6. The summed E-state index contributed by atoms with van der Waals surface area (Å²) in [6.07, 6.45) is -2.01. The van der Waals surface area contributed by atoms with Gasteiger partial charge in [-0.15, -0.1) is 0 Å². The molecule has 0 aromatic heterocycles. The molecule has 0 amide bonds. The molecule has 0 saturated carbocycles. The van der Waals surface area contributed by atoms with Crippen LogP contribution in [-0.2, 0) is 25.7 Å². The number of para-hydroxylation sites is 2. The van der Waals surface area contributed by atoms with Crippen molar-refractivity contribution in [3.8, 4) is 0 Å². The van der Waals surface area contributed by atoms with Gasteiger partial charge in [0.05, 0.1) is 11.4 Å². The van der Waals surface area contributed by atoms with E-state index in [0.29, 0.717) is 24.2 Å². The Balaban J connectivity index is 2.52. The maximum absolute atomic E-state index is 13.9. The Morgan fingerprint density at radius 2 is 1.07 bits per heavy atom. The van der Waals surface area contributed by atoms with Crippen LogP contribution in [0, 0.1) is 0 Å². The van der Waals surface area contributed by atoms with Crippen LogP contribution in [0.3, 0.4) is 0 Å². The van der Waals surface area contributed by atoms with Crippen LogP contribution in [0.25, 0.3) is 0 Å². The standard InChI is InChI=1S/C25H31F3N2/c1-6-18-12-10-13-19(7-2)23(18)29-17(5)16-22(25(26,27)28)30-24-20(8-3)14-11-15-21(24)9-4/h10-15H,6-9,16H2,1-5H3. The second-order valence-electron chi connectivity index (χ2n) is 7.34. The number of aryl methyl sites for hydroxylation is 4. The van der Waals surface area contributed by atoms with E-state index in [1.54, 1.807) is 6.92 Å². The van der Waals surface area contributed by atoms with Gasteiger partial charge in [0.25, 0.3) is 0 Å². The van der Waals surface area contributed by atoms with Gasteiger partial charge in [0.1, 0.15) is 5.71 Å². The molecule has 0 bridgehead atoms. The average molecular weight is 417 g/mol. The van der Waals surface area contributed by atoms with Crippen LogP contribution in [0.1, 0.15) is 63.3 Å². The molecule has 2 aromatic rings. The smallest absolute Gasteiger partial charge is 0.257 e. The predicted octanol–water partition coefficient (Wildman–Crippen LogP) is 7.75. The molecule has 0 radical (unpaired) electrons. The summed E-state index contributed by atoms with van der Waals surface area (Å²) in [5, 5.41) is 0. The molecule has 162 valence electrons.